The van der Waals surface area contributed by atoms with E-state index in [4.69, 9.17) is 5.73 Å². The molecule has 0 aromatic heterocycles. The van der Waals surface area contributed by atoms with Crippen molar-refractivity contribution in [3.63, 3.8) is 0 Å². The Labute approximate surface area is 97.0 Å². The van der Waals surface area contributed by atoms with Crippen LogP contribution in [-0.2, 0) is 4.79 Å². The molecule has 1 rings (SSSR count). The molecule has 1 aliphatic carbocycles. The van der Waals surface area contributed by atoms with Crippen LogP contribution in [-0.4, -0.2) is 30.2 Å². The number of nitrogens with two attached hydrogens (primary N) is 1. The molecule has 2 atom stereocenters. The predicted molar refractivity (Wildman–Crippen MR) is 61.9 cm³/mol. The number of aliphatic hydroxyl groups excluding tert-OH is 1. The first kappa shape index (κ1) is 14.7. The summed E-state index contributed by atoms with van der Waals surface area (Å²) in [6.07, 6.45) is 3.73. The summed E-state index contributed by atoms with van der Waals surface area (Å²) in [4.78, 5) is 11.0. The quantitative estimate of drug-likeness (QED) is 0.665. The second kappa shape index (κ2) is 6.30. The van der Waals surface area contributed by atoms with Gasteiger partial charge in [-0.15, -0.1) is 12.4 Å². The van der Waals surface area contributed by atoms with E-state index >= 15 is 0 Å². The first-order valence-electron chi connectivity index (χ1n) is 5.23. The molecule has 1 fully saturated rings. The number of hydrogen-bond donors (Lipinski definition) is 3. The Morgan fingerprint density at radius 2 is 2.27 bits per heavy atom. The molecule has 4 nitrogen and oxygen atoms in total. The molecule has 0 radical (unpaired) electrons. The molecule has 1 amide bonds. The summed E-state index contributed by atoms with van der Waals surface area (Å²) in [5, 5.41) is 12.6. The van der Waals surface area contributed by atoms with Gasteiger partial charge in [0.15, 0.2) is 0 Å². The van der Waals surface area contributed by atoms with E-state index in [1.54, 1.807) is 0 Å². The molecule has 0 saturated heterocycles. The standard InChI is InChI=1S/C10H20N2O2.ClH/c1-10(7-12-9(14)6-11)5-3-2-4-8(10)13;/h8,13H,2-7,11H2,1H3,(H,12,14);1H. The molecule has 0 aromatic rings. The zero-order chi connectivity index (χ0) is 10.6. The van der Waals surface area contributed by atoms with Crippen LogP contribution in [0.4, 0.5) is 0 Å². The molecule has 0 spiro atoms. The summed E-state index contributed by atoms with van der Waals surface area (Å²) in [6, 6.07) is 0. The third-order valence-corrected chi connectivity index (χ3v) is 3.15. The maximum atomic E-state index is 11.0. The molecule has 0 aromatic carbocycles. The van der Waals surface area contributed by atoms with Crippen LogP contribution in [0.25, 0.3) is 0 Å². The highest BCUT2D eigenvalue weighted by atomic mass is 35.5. The topological polar surface area (TPSA) is 75.4 Å². The lowest BCUT2D eigenvalue weighted by molar-refractivity contribution is -0.120. The normalized spacial score (nSPS) is 30.5. The zero-order valence-corrected chi connectivity index (χ0v) is 9.98. The lowest BCUT2D eigenvalue weighted by atomic mass is 9.73. The van der Waals surface area contributed by atoms with Crippen molar-refractivity contribution in [3.05, 3.63) is 0 Å². The van der Waals surface area contributed by atoms with E-state index in [0.29, 0.717) is 6.54 Å². The van der Waals surface area contributed by atoms with Gasteiger partial charge in [-0.05, 0) is 12.8 Å². The van der Waals surface area contributed by atoms with Crippen molar-refractivity contribution in [2.24, 2.45) is 11.1 Å². The van der Waals surface area contributed by atoms with E-state index in [2.05, 4.69) is 5.32 Å². The summed E-state index contributed by atoms with van der Waals surface area (Å²) in [6.45, 7) is 2.57. The molecule has 90 valence electrons. The Morgan fingerprint density at radius 3 is 2.80 bits per heavy atom. The van der Waals surface area contributed by atoms with E-state index in [9.17, 15) is 9.90 Å². The Bertz CT molecular complexity index is 214. The molecule has 0 aliphatic heterocycles. The Hall–Kier alpha value is -0.320. The molecule has 4 N–H and O–H groups in total. The molecule has 15 heavy (non-hydrogen) atoms. The van der Waals surface area contributed by atoms with Crippen molar-refractivity contribution >= 4 is 18.3 Å². The molecule has 1 aliphatic rings. The van der Waals surface area contributed by atoms with Gasteiger partial charge in [0.05, 0.1) is 12.6 Å². The first-order valence-corrected chi connectivity index (χ1v) is 5.23. The molecule has 0 bridgehead atoms. The van der Waals surface area contributed by atoms with Crippen LogP contribution in [0.1, 0.15) is 32.6 Å². The Balaban J connectivity index is 0.00000196. The minimum atomic E-state index is -0.297. The summed E-state index contributed by atoms with van der Waals surface area (Å²) in [5.74, 6) is -0.149. The van der Waals surface area contributed by atoms with Gasteiger partial charge < -0.3 is 16.2 Å². The van der Waals surface area contributed by atoms with Gasteiger partial charge in [0.25, 0.3) is 0 Å². The van der Waals surface area contributed by atoms with Gasteiger partial charge in [-0.3, -0.25) is 4.79 Å². The van der Waals surface area contributed by atoms with Gasteiger partial charge in [0, 0.05) is 12.0 Å². The summed E-state index contributed by atoms with van der Waals surface area (Å²) in [7, 11) is 0. The maximum absolute atomic E-state index is 11.0. The van der Waals surface area contributed by atoms with Crippen molar-refractivity contribution < 1.29 is 9.90 Å². The number of carbonyl (C=O) groups excluding carboxylic acids is 1. The van der Waals surface area contributed by atoms with Gasteiger partial charge in [-0.1, -0.05) is 19.8 Å². The maximum Gasteiger partial charge on any atom is 0.233 e. The van der Waals surface area contributed by atoms with E-state index in [0.717, 1.165) is 25.7 Å². The fourth-order valence-electron chi connectivity index (χ4n) is 1.96. The van der Waals surface area contributed by atoms with Crippen LogP contribution < -0.4 is 11.1 Å². The van der Waals surface area contributed by atoms with Crippen LogP contribution in [0, 0.1) is 5.41 Å². The smallest absolute Gasteiger partial charge is 0.233 e. The number of hydrogen-bond acceptors (Lipinski definition) is 3. The summed E-state index contributed by atoms with van der Waals surface area (Å²) < 4.78 is 0. The van der Waals surface area contributed by atoms with Crippen molar-refractivity contribution in [1.82, 2.24) is 5.32 Å². The van der Waals surface area contributed by atoms with Crippen molar-refractivity contribution in [2.75, 3.05) is 13.1 Å². The van der Waals surface area contributed by atoms with Crippen molar-refractivity contribution in [3.8, 4) is 0 Å². The van der Waals surface area contributed by atoms with E-state index in [1.165, 1.54) is 0 Å². The molecule has 5 heteroatoms. The Kier molecular flexibility index (Phi) is 6.17. The molecular formula is C10H21ClN2O2. The van der Waals surface area contributed by atoms with Crippen LogP contribution in [0.2, 0.25) is 0 Å². The van der Waals surface area contributed by atoms with Gasteiger partial charge >= 0.3 is 0 Å². The van der Waals surface area contributed by atoms with Gasteiger partial charge in [0.1, 0.15) is 0 Å². The predicted octanol–water partition coefficient (Wildman–Crippen LogP) is 0.424. The minimum Gasteiger partial charge on any atom is -0.392 e. The minimum absolute atomic E-state index is 0. The van der Waals surface area contributed by atoms with Crippen LogP contribution >= 0.6 is 12.4 Å². The molecular weight excluding hydrogens is 216 g/mol. The number of amides is 1. The average molecular weight is 237 g/mol. The summed E-state index contributed by atoms with van der Waals surface area (Å²) in [5.41, 5.74) is 5.03. The second-order valence-corrected chi connectivity index (χ2v) is 4.40. The molecule has 0 heterocycles. The average Bonchev–Trinajstić information content (AvgIpc) is 2.19. The fraction of sp³-hybridized carbons (Fsp3) is 0.900. The third-order valence-electron chi connectivity index (χ3n) is 3.15. The van der Waals surface area contributed by atoms with Gasteiger partial charge in [0.2, 0.25) is 5.91 Å². The van der Waals surface area contributed by atoms with Crippen molar-refractivity contribution in [1.29, 1.82) is 0 Å². The zero-order valence-electron chi connectivity index (χ0n) is 9.16. The lowest BCUT2D eigenvalue weighted by Crippen LogP contribution is -2.46. The largest absolute Gasteiger partial charge is 0.392 e. The molecule has 2 unspecified atom stereocenters. The van der Waals surface area contributed by atoms with Gasteiger partial charge in [-0.25, -0.2) is 0 Å². The second-order valence-electron chi connectivity index (χ2n) is 4.40. The van der Waals surface area contributed by atoms with Crippen LogP contribution in [0.3, 0.4) is 0 Å². The van der Waals surface area contributed by atoms with E-state index in [1.807, 2.05) is 6.92 Å². The molecule has 1 saturated carbocycles. The number of rotatable bonds is 3. The SMILES string of the molecule is CC1(CNC(=O)CN)CCCCC1O.Cl. The number of carbonyl (C=O) groups is 1. The highest BCUT2D eigenvalue weighted by molar-refractivity contribution is 5.85. The van der Waals surface area contributed by atoms with Crippen LogP contribution in [0.5, 0.6) is 0 Å². The third kappa shape index (κ3) is 3.97. The van der Waals surface area contributed by atoms with Crippen LogP contribution in [0.15, 0.2) is 0 Å². The summed E-state index contributed by atoms with van der Waals surface area (Å²) >= 11 is 0. The van der Waals surface area contributed by atoms with Crippen molar-refractivity contribution in [2.45, 2.75) is 38.7 Å². The Morgan fingerprint density at radius 1 is 1.60 bits per heavy atom. The first-order chi connectivity index (χ1) is 6.58. The van der Waals surface area contributed by atoms with Gasteiger partial charge in [-0.2, -0.15) is 0 Å². The number of nitrogens with one attached hydrogen (secondary N) is 1. The highest BCUT2D eigenvalue weighted by Crippen LogP contribution is 2.35. The monoisotopic (exact) mass is 236 g/mol. The van der Waals surface area contributed by atoms with E-state index in [-0.39, 0.29) is 36.4 Å². The number of aliphatic hydroxyl groups is 1. The van der Waals surface area contributed by atoms with E-state index < -0.39 is 0 Å². The number of halogens is 1. The highest BCUT2D eigenvalue weighted by Gasteiger charge is 2.35. The lowest BCUT2D eigenvalue weighted by Gasteiger charge is -2.38. The fourth-order valence-corrected chi connectivity index (χ4v) is 1.96.